The monoisotopic (exact) mass is 277 g/mol. The maximum Gasteiger partial charge on any atom is 0.255 e. The summed E-state index contributed by atoms with van der Waals surface area (Å²) in [7, 11) is 0. The molecule has 1 amide bonds. The lowest BCUT2D eigenvalue weighted by molar-refractivity contribution is 0.0536. The fraction of sp³-hybridized carbons (Fsp3) is 0.667. The molecule has 1 aliphatic heterocycles. The van der Waals surface area contributed by atoms with Gasteiger partial charge in [-0.25, -0.2) is 9.97 Å². The first-order valence-corrected chi connectivity index (χ1v) is 7.44. The summed E-state index contributed by atoms with van der Waals surface area (Å²) in [5, 5.41) is 3.02. The van der Waals surface area contributed by atoms with Gasteiger partial charge in [-0.1, -0.05) is 13.8 Å². The first-order chi connectivity index (χ1) is 9.76. The van der Waals surface area contributed by atoms with E-state index in [2.05, 4.69) is 15.3 Å². The van der Waals surface area contributed by atoms with Crippen molar-refractivity contribution in [2.75, 3.05) is 19.8 Å². The average Bonchev–Trinajstić information content (AvgIpc) is 2.52. The Hall–Kier alpha value is -1.49. The number of nitrogens with one attached hydrogen (secondary N) is 1. The second-order valence-electron chi connectivity index (χ2n) is 5.14. The molecule has 0 radical (unpaired) electrons. The first-order valence-electron chi connectivity index (χ1n) is 7.44. The summed E-state index contributed by atoms with van der Waals surface area (Å²) >= 11 is 0. The third-order valence-corrected chi connectivity index (χ3v) is 3.71. The summed E-state index contributed by atoms with van der Waals surface area (Å²) in [4.78, 5) is 20.9. The molecule has 0 spiro atoms. The Morgan fingerprint density at radius 2 is 2.05 bits per heavy atom. The van der Waals surface area contributed by atoms with Crippen LogP contribution in [0.15, 0.2) is 6.33 Å². The maximum absolute atomic E-state index is 12.4. The van der Waals surface area contributed by atoms with Gasteiger partial charge in [-0.05, 0) is 31.6 Å². The largest absolute Gasteiger partial charge is 0.381 e. The van der Waals surface area contributed by atoms with Crippen LogP contribution in [0.25, 0.3) is 0 Å². The van der Waals surface area contributed by atoms with E-state index in [-0.39, 0.29) is 5.91 Å². The molecule has 1 saturated heterocycles. The maximum atomic E-state index is 12.4. The van der Waals surface area contributed by atoms with Crippen molar-refractivity contribution in [1.82, 2.24) is 15.3 Å². The second-order valence-corrected chi connectivity index (χ2v) is 5.14. The van der Waals surface area contributed by atoms with Crippen molar-refractivity contribution in [3.63, 3.8) is 0 Å². The van der Waals surface area contributed by atoms with Crippen LogP contribution in [0.1, 0.15) is 48.4 Å². The van der Waals surface area contributed by atoms with Crippen molar-refractivity contribution < 1.29 is 9.53 Å². The van der Waals surface area contributed by atoms with E-state index in [4.69, 9.17) is 4.74 Å². The van der Waals surface area contributed by atoms with Crippen LogP contribution in [0.4, 0.5) is 0 Å². The molecule has 110 valence electrons. The van der Waals surface area contributed by atoms with E-state index in [1.807, 2.05) is 13.8 Å². The van der Waals surface area contributed by atoms with Gasteiger partial charge in [-0.15, -0.1) is 0 Å². The number of hydrogen-bond donors (Lipinski definition) is 1. The SMILES string of the molecule is CCc1ncnc(CC)c1C(=O)NC[C@H]1CCCOC1. The van der Waals surface area contributed by atoms with Gasteiger partial charge in [-0.2, -0.15) is 0 Å². The minimum Gasteiger partial charge on any atom is -0.381 e. The highest BCUT2D eigenvalue weighted by atomic mass is 16.5. The number of hydrogen-bond acceptors (Lipinski definition) is 4. The lowest BCUT2D eigenvalue weighted by atomic mass is 10.0. The van der Waals surface area contributed by atoms with Gasteiger partial charge in [0.2, 0.25) is 0 Å². The molecule has 1 aromatic heterocycles. The fourth-order valence-corrected chi connectivity index (χ4v) is 2.56. The van der Waals surface area contributed by atoms with Crippen molar-refractivity contribution in [3.05, 3.63) is 23.3 Å². The minimum absolute atomic E-state index is 0.0510. The lowest BCUT2D eigenvalue weighted by Crippen LogP contribution is -2.34. The molecule has 1 fully saturated rings. The Kier molecular flexibility index (Phi) is 5.47. The van der Waals surface area contributed by atoms with Crippen LogP contribution in [-0.2, 0) is 17.6 Å². The first kappa shape index (κ1) is 14.9. The summed E-state index contributed by atoms with van der Waals surface area (Å²) in [6.45, 7) is 6.27. The van der Waals surface area contributed by atoms with Crippen LogP contribution in [-0.4, -0.2) is 35.6 Å². The average molecular weight is 277 g/mol. The smallest absolute Gasteiger partial charge is 0.255 e. The molecule has 0 bridgehead atoms. The Balaban J connectivity index is 2.04. The van der Waals surface area contributed by atoms with Gasteiger partial charge in [0, 0.05) is 13.2 Å². The van der Waals surface area contributed by atoms with Gasteiger partial charge in [0.1, 0.15) is 6.33 Å². The molecule has 1 aliphatic rings. The van der Waals surface area contributed by atoms with Crippen molar-refractivity contribution >= 4 is 5.91 Å². The van der Waals surface area contributed by atoms with E-state index in [1.165, 1.54) is 0 Å². The van der Waals surface area contributed by atoms with Gasteiger partial charge in [-0.3, -0.25) is 4.79 Å². The number of carbonyl (C=O) groups is 1. The molecule has 5 heteroatoms. The second kappa shape index (κ2) is 7.33. The Labute approximate surface area is 120 Å². The standard InChI is InChI=1S/C15H23N3O2/c1-3-12-14(13(4-2)18-10-17-12)15(19)16-8-11-6-5-7-20-9-11/h10-11H,3-9H2,1-2H3,(H,16,19)/t11-/m1/s1. The molecular formula is C15H23N3O2. The zero-order valence-corrected chi connectivity index (χ0v) is 12.3. The van der Waals surface area contributed by atoms with E-state index in [0.717, 1.165) is 50.3 Å². The molecule has 1 atom stereocenters. The molecule has 0 saturated carbocycles. The summed E-state index contributed by atoms with van der Waals surface area (Å²) in [5.41, 5.74) is 2.32. The minimum atomic E-state index is -0.0510. The van der Waals surface area contributed by atoms with Gasteiger partial charge in [0.25, 0.3) is 5.91 Å². The Morgan fingerprint density at radius 3 is 2.60 bits per heavy atom. The van der Waals surface area contributed by atoms with Crippen LogP contribution in [0.5, 0.6) is 0 Å². The predicted molar refractivity (Wildman–Crippen MR) is 76.7 cm³/mol. The predicted octanol–water partition coefficient (Wildman–Crippen LogP) is 1.76. The molecule has 2 rings (SSSR count). The summed E-state index contributed by atoms with van der Waals surface area (Å²) in [6.07, 6.45) is 5.22. The molecular weight excluding hydrogens is 254 g/mol. The van der Waals surface area contributed by atoms with Crippen LogP contribution in [0, 0.1) is 5.92 Å². The molecule has 0 unspecified atom stereocenters. The molecule has 0 aliphatic carbocycles. The molecule has 0 aromatic carbocycles. The molecule has 20 heavy (non-hydrogen) atoms. The molecule has 1 N–H and O–H groups in total. The zero-order valence-electron chi connectivity index (χ0n) is 12.3. The Bertz CT molecular complexity index is 434. The number of aryl methyl sites for hydroxylation is 2. The highest BCUT2D eigenvalue weighted by Gasteiger charge is 2.19. The third kappa shape index (κ3) is 3.54. The third-order valence-electron chi connectivity index (χ3n) is 3.71. The van der Waals surface area contributed by atoms with Gasteiger partial charge < -0.3 is 10.1 Å². The van der Waals surface area contributed by atoms with E-state index in [9.17, 15) is 4.79 Å². The number of amides is 1. The van der Waals surface area contributed by atoms with E-state index in [0.29, 0.717) is 18.0 Å². The molecule has 5 nitrogen and oxygen atoms in total. The quantitative estimate of drug-likeness (QED) is 0.890. The lowest BCUT2D eigenvalue weighted by Gasteiger charge is -2.22. The number of nitrogens with zero attached hydrogens (tertiary/aromatic N) is 2. The van der Waals surface area contributed by atoms with E-state index < -0.39 is 0 Å². The Morgan fingerprint density at radius 1 is 1.35 bits per heavy atom. The highest BCUT2D eigenvalue weighted by Crippen LogP contribution is 2.14. The van der Waals surface area contributed by atoms with E-state index >= 15 is 0 Å². The summed E-state index contributed by atoms with van der Waals surface area (Å²) < 4.78 is 5.43. The van der Waals surface area contributed by atoms with Gasteiger partial charge >= 0.3 is 0 Å². The topological polar surface area (TPSA) is 64.1 Å². The van der Waals surface area contributed by atoms with Crippen molar-refractivity contribution in [2.24, 2.45) is 5.92 Å². The number of aromatic nitrogens is 2. The van der Waals surface area contributed by atoms with Crippen molar-refractivity contribution in [2.45, 2.75) is 39.5 Å². The summed E-state index contributed by atoms with van der Waals surface area (Å²) in [6, 6.07) is 0. The van der Waals surface area contributed by atoms with Crippen molar-refractivity contribution in [1.29, 1.82) is 0 Å². The fourth-order valence-electron chi connectivity index (χ4n) is 2.56. The normalized spacial score (nSPS) is 18.8. The summed E-state index contributed by atoms with van der Waals surface area (Å²) in [5.74, 6) is 0.373. The van der Waals surface area contributed by atoms with Gasteiger partial charge in [0.05, 0.1) is 23.6 Å². The van der Waals surface area contributed by atoms with Crippen LogP contribution >= 0.6 is 0 Å². The highest BCUT2D eigenvalue weighted by molar-refractivity contribution is 5.96. The van der Waals surface area contributed by atoms with Crippen LogP contribution < -0.4 is 5.32 Å². The molecule has 2 heterocycles. The zero-order chi connectivity index (χ0) is 14.4. The van der Waals surface area contributed by atoms with Gasteiger partial charge in [0.15, 0.2) is 0 Å². The van der Waals surface area contributed by atoms with E-state index in [1.54, 1.807) is 6.33 Å². The number of carbonyl (C=O) groups excluding carboxylic acids is 1. The van der Waals surface area contributed by atoms with Crippen molar-refractivity contribution in [3.8, 4) is 0 Å². The molecule has 1 aromatic rings. The van der Waals surface area contributed by atoms with Crippen LogP contribution in [0.3, 0.4) is 0 Å². The van der Waals surface area contributed by atoms with Crippen LogP contribution in [0.2, 0.25) is 0 Å². The number of rotatable bonds is 5. The number of ether oxygens (including phenoxy) is 1.